The molecule has 0 spiro atoms. The van der Waals surface area contributed by atoms with Crippen LogP contribution >= 0.6 is 0 Å². The molecule has 15 heavy (non-hydrogen) atoms. The lowest BCUT2D eigenvalue weighted by molar-refractivity contribution is 0.108. The molecule has 88 valence electrons. The van der Waals surface area contributed by atoms with Crippen LogP contribution in [0.25, 0.3) is 0 Å². The summed E-state index contributed by atoms with van der Waals surface area (Å²) >= 11 is 0. The lowest BCUT2D eigenvalue weighted by Crippen LogP contribution is -2.32. The number of rotatable bonds is 4. The summed E-state index contributed by atoms with van der Waals surface area (Å²) in [6.45, 7) is 5.66. The predicted octanol–water partition coefficient (Wildman–Crippen LogP) is 2.58. The van der Waals surface area contributed by atoms with Crippen molar-refractivity contribution in [1.82, 2.24) is 5.32 Å². The van der Waals surface area contributed by atoms with Gasteiger partial charge < -0.3 is 10.1 Å². The zero-order chi connectivity index (χ0) is 10.5. The van der Waals surface area contributed by atoms with Crippen LogP contribution in [0.3, 0.4) is 0 Å². The van der Waals surface area contributed by atoms with Crippen LogP contribution in [-0.2, 0) is 4.74 Å². The fourth-order valence-electron chi connectivity index (χ4n) is 3.00. The molecule has 2 heteroatoms. The van der Waals surface area contributed by atoms with Crippen LogP contribution in [0.1, 0.15) is 45.4 Å². The van der Waals surface area contributed by atoms with Gasteiger partial charge in [0.2, 0.25) is 0 Å². The van der Waals surface area contributed by atoms with Gasteiger partial charge in [-0.3, -0.25) is 0 Å². The molecular weight excluding hydrogens is 186 g/mol. The summed E-state index contributed by atoms with van der Waals surface area (Å²) in [4.78, 5) is 0. The van der Waals surface area contributed by atoms with Gasteiger partial charge in [-0.15, -0.1) is 0 Å². The first-order chi connectivity index (χ1) is 7.34. The van der Waals surface area contributed by atoms with Gasteiger partial charge in [0, 0.05) is 13.2 Å². The van der Waals surface area contributed by atoms with E-state index in [1.165, 1.54) is 45.1 Å². The lowest BCUT2D eigenvalue weighted by Gasteiger charge is -2.27. The third-order valence-electron chi connectivity index (χ3n) is 3.87. The summed E-state index contributed by atoms with van der Waals surface area (Å²) in [5, 5.41) is 3.59. The van der Waals surface area contributed by atoms with Crippen LogP contribution < -0.4 is 5.32 Å². The molecule has 2 rings (SSSR count). The first-order valence-electron chi connectivity index (χ1n) is 6.67. The van der Waals surface area contributed by atoms with Crippen molar-refractivity contribution in [3.63, 3.8) is 0 Å². The molecule has 1 saturated heterocycles. The molecule has 3 atom stereocenters. The molecule has 1 heterocycles. The highest BCUT2D eigenvalue weighted by atomic mass is 16.5. The number of hydrogen-bond donors (Lipinski definition) is 1. The molecule has 0 bridgehead atoms. The van der Waals surface area contributed by atoms with Crippen molar-refractivity contribution in [3.8, 4) is 0 Å². The van der Waals surface area contributed by atoms with E-state index in [2.05, 4.69) is 12.2 Å². The Morgan fingerprint density at radius 1 is 1.13 bits per heavy atom. The van der Waals surface area contributed by atoms with Crippen molar-refractivity contribution in [2.45, 2.75) is 51.6 Å². The Bertz CT molecular complexity index is 177. The maximum absolute atomic E-state index is 5.60. The average Bonchev–Trinajstić information content (AvgIpc) is 2.71. The lowest BCUT2D eigenvalue weighted by atomic mass is 9.82. The molecule has 1 aliphatic carbocycles. The highest BCUT2D eigenvalue weighted by molar-refractivity contribution is 4.74. The largest absolute Gasteiger partial charge is 0.377 e. The fourth-order valence-corrected chi connectivity index (χ4v) is 3.00. The van der Waals surface area contributed by atoms with Crippen molar-refractivity contribution in [2.75, 3.05) is 19.7 Å². The van der Waals surface area contributed by atoms with E-state index >= 15 is 0 Å². The second-order valence-corrected chi connectivity index (χ2v) is 5.43. The number of ether oxygens (including phenoxy) is 1. The molecule has 0 radical (unpaired) electrons. The summed E-state index contributed by atoms with van der Waals surface area (Å²) in [7, 11) is 0. The smallest absolute Gasteiger partial charge is 0.0700 e. The van der Waals surface area contributed by atoms with E-state index in [-0.39, 0.29) is 0 Å². The Morgan fingerprint density at radius 2 is 2.07 bits per heavy atom. The van der Waals surface area contributed by atoms with E-state index in [0.29, 0.717) is 6.10 Å². The van der Waals surface area contributed by atoms with Crippen LogP contribution in [0.4, 0.5) is 0 Å². The topological polar surface area (TPSA) is 21.3 Å². The van der Waals surface area contributed by atoms with Crippen LogP contribution in [0.5, 0.6) is 0 Å². The Balaban J connectivity index is 1.56. The Kier molecular flexibility index (Phi) is 4.45. The molecular formula is C13H25NO. The summed E-state index contributed by atoms with van der Waals surface area (Å²) in [5.74, 6) is 1.88. The molecule has 0 aromatic heterocycles. The van der Waals surface area contributed by atoms with Crippen molar-refractivity contribution >= 4 is 0 Å². The zero-order valence-corrected chi connectivity index (χ0v) is 10.0. The van der Waals surface area contributed by atoms with Crippen LogP contribution in [0.2, 0.25) is 0 Å². The average molecular weight is 211 g/mol. The van der Waals surface area contributed by atoms with Gasteiger partial charge in [0.1, 0.15) is 0 Å². The van der Waals surface area contributed by atoms with Gasteiger partial charge in [-0.25, -0.2) is 0 Å². The second kappa shape index (κ2) is 5.86. The van der Waals surface area contributed by atoms with Gasteiger partial charge in [-0.2, -0.15) is 0 Å². The SMILES string of the molecule is CC1CCCC(CNCC2CCCO2)C1. The van der Waals surface area contributed by atoms with E-state index in [1.807, 2.05) is 0 Å². The third-order valence-corrected chi connectivity index (χ3v) is 3.87. The van der Waals surface area contributed by atoms with Crippen molar-refractivity contribution in [2.24, 2.45) is 11.8 Å². The van der Waals surface area contributed by atoms with Crippen LogP contribution in [0.15, 0.2) is 0 Å². The molecule has 1 N–H and O–H groups in total. The molecule has 3 unspecified atom stereocenters. The maximum Gasteiger partial charge on any atom is 0.0700 e. The van der Waals surface area contributed by atoms with Gasteiger partial charge >= 0.3 is 0 Å². The van der Waals surface area contributed by atoms with Crippen molar-refractivity contribution in [1.29, 1.82) is 0 Å². The van der Waals surface area contributed by atoms with Gasteiger partial charge in [0.15, 0.2) is 0 Å². The number of hydrogen-bond acceptors (Lipinski definition) is 2. The van der Waals surface area contributed by atoms with E-state index in [0.717, 1.165) is 25.0 Å². The van der Waals surface area contributed by atoms with Gasteiger partial charge in [-0.05, 0) is 44.1 Å². The Hall–Kier alpha value is -0.0800. The molecule has 1 saturated carbocycles. The Morgan fingerprint density at radius 3 is 2.80 bits per heavy atom. The first kappa shape index (κ1) is 11.4. The highest BCUT2D eigenvalue weighted by Gasteiger charge is 2.19. The monoisotopic (exact) mass is 211 g/mol. The van der Waals surface area contributed by atoms with Crippen LogP contribution in [0, 0.1) is 11.8 Å². The summed E-state index contributed by atoms with van der Waals surface area (Å²) in [5.41, 5.74) is 0. The van der Waals surface area contributed by atoms with Gasteiger partial charge in [0.25, 0.3) is 0 Å². The fraction of sp³-hybridized carbons (Fsp3) is 1.00. The molecule has 0 aromatic carbocycles. The molecule has 2 nitrogen and oxygen atoms in total. The third kappa shape index (κ3) is 3.76. The van der Waals surface area contributed by atoms with Crippen molar-refractivity contribution < 1.29 is 4.74 Å². The quantitative estimate of drug-likeness (QED) is 0.771. The van der Waals surface area contributed by atoms with E-state index in [4.69, 9.17) is 4.74 Å². The minimum absolute atomic E-state index is 0.506. The number of nitrogens with one attached hydrogen (secondary N) is 1. The predicted molar refractivity (Wildman–Crippen MR) is 63.0 cm³/mol. The van der Waals surface area contributed by atoms with Gasteiger partial charge in [0.05, 0.1) is 6.10 Å². The second-order valence-electron chi connectivity index (χ2n) is 5.43. The first-order valence-corrected chi connectivity index (χ1v) is 6.67. The molecule has 0 aromatic rings. The van der Waals surface area contributed by atoms with E-state index < -0.39 is 0 Å². The Labute approximate surface area is 93.8 Å². The van der Waals surface area contributed by atoms with E-state index in [9.17, 15) is 0 Å². The van der Waals surface area contributed by atoms with E-state index in [1.54, 1.807) is 0 Å². The van der Waals surface area contributed by atoms with Gasteiger partial charge in [-0.1, -0.05) is 19.8 Å². The minimum atomic E-state index is 0.506. The maximum atomic E-state index is 5.60. The standard InChI is InChI=1S/C13H25NO/c1-11-4-2-5-12(8-11)9-14-10-13-6-3-7-15-13/h11-14H,2-10H2,1H3. The normalized spacial score (nSPS) is 37.0. The van der Waals surface area contributed by atoms with Crippen LogP contribution in [-0.4, -0.2) is 25.8 Å². The molecule has 2 aliphatic rings. The summed E-state index contributed by atoms with van der Waals surface area (Å²) < 4.78 is 5.60. The zero-order valence-electron chi connectivity index (χ0n) is 10.0. The molecule has 0 amide bonds. The summed E-state index contributed by atoms with van der Waals surface area (Å²) in [6.07, 6.45) is 8.77. The molecule has 1 aliphatic heterocycles. The highest BCUT2D eigenvalue weighted by Crippen LogP contribution is 2.27. The van der Waals surface area contributed by atoms with Crippen molar-refractivity contribution in [3.05, 3.63) is 0 Å². The summed E-state index contributed by atoms with van der Waals surface area (Å²) in [6, 6.07) is 0. The minimum Gasteiger partial charge on any atom is -0.377 e. The molecule has 2 fully saturated rings.